The standard InChI is InChI=1S/C12H12ClNO3/c1-17-12(16)10-6-14(7-11(10)15)9-4-2-8(13)3-5-9/h2-5,15H,6-7H2,1H3. The highest BCUT2D eigenvalue weighted by Gasteiger charge is 2.27. The van der Waals surface area contributed by atoms with Crippen LogP contribution in [0.5, 0.6) is 0 Å². The normalized spacial score (nSPS) is 15.3. The summed E-state index contributed by atoms with van der Waals surface area (Å²) >= 11 is 5.80. The van der Waals surface area contributed by atoms with Crippen molar-refractivity contribution in [2.75, 3.05) is 25.1 Å². The molecule has 0 atom stereocenters. The lowest BCUT2D eigenvalue weighted by Crippen LogP contribution is -2.21. The van der Waals surface area contributed by atoms with Crippen LogP contribution in [0.25, 0.3) is 0 Å². The van der Waals surface area contributed by atoms with Gasteiger partial charge in [-0.15, -0.1) is 0 Å². The van der Waals surface area contributed by atoms with Crippen molar-refractivity contribution >= 4 is 23.3 Å². The highest BCUT2D eigenvalue weighted by Crippen LogP contribution is 2.25. The summed E-state index contributed by atoms with van der Waals surface area (Å²) in [5.41, 5.74) is 1.21. The molecule has 1 heterocycles. The van der Waals surface area contributed by atoms with E-state index in [2.05, 4.69) is 4.74 Å². The number of nitrogens with zero attached hydrogens (tertiary/aromatic N) is 1. The van der Waals surface area contributed by atoms with Crippen LogP contribution in [-0.2, 0) is 9.53 Å². The number of benzene rings is 1. The third-order valence-corrected chi connectivity index (χ3v) is 2.91. The molecule has 1 aromatic rings. The van der Waals surface area contributed by atoms with Crippen LogP contribution in [0, 0.1) is 0 Å². The average Bonchev–Trinajstić information content (AvgIpc) is 2.71. The monoisotopic (exact) mass is 253 g/mol. The minimum atomic E-state index is -0.487. The molecule has 0 saturated carbocycles. The van der Waals surface area contributed by atoms with Crippen molar-refractivity contribution in [1.29, 1.82) is 0 Å². The SMILES string of the molecule is COC(=O)C1=C(O)CN(c2ccc(Cl)cc2)C1. The van der Waals surface area contributed by atoms with Crippen LogP contribution < -0.4 is 4.90 Å². The zero-order chi connectivity index (χ0) is 12.4. The smallest absolute Gasteiger partial charge is 0.339 e. The van der Waals surface area contributed by atoms with Crippen LogP contribution in [0.15, 0.2) is 35.6 Å². The molecule has 0 spiro atoms. The molecule has 0 bridgehead atoms. The number of hydrogen-bond acceptors (Lipinski definition) is 4. The fourth-order valence-electron chi connectivity index (χ4n) is 1.75. The molecule has 4 nitrogen and oxygen atoms in total. The molecule has 1 N–H and O–H groups in total. The van der Waals surface area contributed by atoms with E-state index in [4.69, 9.17) is 11.6 Å². The maximum atomic E-state index is 11.4. The number of carbonyl (C=O) groups is 1. The van der Waals surface area contributed by atoms with Crippen LogP contribution >= 0.6 is 11.6 Å². The molecule has 5 heteroatoms. The van der Waals surface area contributed by atoms with Gasteiger partial charge in [-0.2, -0.15) is 0 Å². The van der Waals surface area contributed by atoms with Gasteiger partial charge < -0.3 is 14.7 Å². The van der Waals surface area contributed by atoms with E-state index in [1.54, 1.807) is 12.1 Å². The number of esters is 1. The van der Waals surface area contributed by atoms with E-state index in [1.807, 2.05) is 17.0 Å². The molecule has 0 unspecified atom stereocenters. The fraction of sp³-hybridized carbons (Fsp3) is 0.250. The number of aliphatic hydroxyl groups is 1. The number of methoxy groups -OCH3 is 1. The number of rotatable bonds is 2. The minimum Gasteiger partial charge on any atom is -0.510 e. The van der Waals surface area contributed by atoms with Crippen molar-refractivity contribution in [3.05, 3.63) is 40.6 Å². The molecule has 0 amide bonds. The Balaban J connectivity index is 2.15. The van der Waals surface area contributed by atoms with Gasteiger partial charge in [-0.1, -0.05) is 11.6 Å². The maximum absolute atomic E-state index is 11.4. The number of halogens is 1. The number of aliphatic hydroxyl groups excluding tert-OH is 1. The quantitative estimate of drug-likeness (QED) is 0.821. The van der Waals surface area contributed by atoms with Crippen molar-refractivity contribution in [2.45, 2.75) is 0 Å². The Labute approximate surface area is 104 Å². The number of ether oxygens (including phenoxy) is 1. The third kappa shape index (κ3) is 2.36. The summed E-state index contributed by atoms with van der Waals surface area (Å²) in [5.74, 6) is -0.425. The van der Waals surface area contributed by atoms with Gasteiger partial charge >= 0.3 is 5.97 Å². The second-order valence-corrected chi connectivity index (χ2v) is 4.19. The molecule has 0 aromatic heterocycles. The second-order valence-electron chi connectivity index (χ2n) is 3.75. The van der Waals surface area contributed by atoms with Gasteiger partial charge in [-0.3, -0.25) is 0 Å². The van der Waals surface area contributed by atoms with Crippen molar-refractivity contribution in [2.24, 2.45) is 0 Å². The van der Waals surface area contributed by atoms with Crippen molar-refractivity contribution in [1.82, 2.24) is 0 Å². The topological polar surface area (TPSA) is 49.8 Å². The largest absolute Gasteiger partial charge is 0.510 e. The lowest BCUT2D eigenvalue weighted by Gasteiger charge is -2.17. The van der Waals surface area contributed by atoms with Crippen LogP contribution in [0.3, 0.4) is 0 Å². The van der Waals surface area contributed by atoms with E-state index >= 15 is 0 Å². The van der Waals surface area contributed by atoms with Gasteiger partial charge in [0.2, 0.25) is 0 Å². The molecule has 0 radical (unpaired) electrons. The van der Waals surface area contributed by atoms with E-state index in [-0.39, 0.29) is 5.76 Å². The Morgan fingerprint density at radius 2 is 2.00 bits per heavy atom. The highest BCUT2D eigenvalue weighted by atomic mass is 35.5. The molecule has 0 aliphatic carbocycles. The number of anilines is 1. The molecule has 2 rings (SSSR count). The maximum Gasteiger partial charge on any atom is 0.339 e. The minimum absolute atomic E-state index is 0.0619. The van der Waals surface area contributed by atoms with Crippen molar-refractivity contribution in [3.63, 3.8) is 0 Å². The molecule has 1 aliphatic heterocycles. The molecular weight excluding hydrogens is 242 g/mol. The van der Waals surface area contributed by atoms with E-state index in [0.29, 0.717) is 23.7 Å². The summed E-state index contributed by atoms with van der Waals surface area (Å²) < 4.78 is 4.60. The van der Waals surface area contributed by atoms with E-state index < -0.39 is 5.97 Å². The van der Waals surface area contributed by atoms with Gasteiger partial charge in [0.15, 0.2) is 0 Å². The van der Waals surface area contributed by atoms with Crippen molar-refractivity contribution < 1.29 is 14.6 Å². The van der Waals surface area contributed by atoms with Gasteiger partial charge in [-0.05, 0) is 24.3 Å². The molecule has 0 saturated heterocycles. The molecule has 1 aliphatic rings. The van der Waals surface area contributed by atoms with Crippen LogP contribution in [-0.4, -0.2) is 31.3 Å². The lowest BCUT2D eigenvalue weighted by molar-refractivity contribution is -0.136. The first-order chi connectivity index (χ1) is 8.11. The Bertz CT molecular complexity index is 467. The predicted molar refractivity (Wildman–Crippen MR) is 65.3 cm³/mol. The first-order valence-corrected chi connectivity index (χ1v) is 5.49. The third-order valence-electron chi connectivity index (χ3n) is 2.66. The first-order valence-electron chi connectivity index (χ1n) is 5.11. The first kappa shape index (κ1) is 11.8. The van der Waals surface area contributed by atoms with Crippen LogP contribution in [0.2, 0.25) is 5.02 Å². The van der Waals surface area contributed by atoms with Crippen molar-refractivity contribution in [3.8, 4) is 0 Å². The molecule has 1 aromatic carbocycles. The van der Waals surface area contributed by atoms with E-state index in [1.165, 1.54) is 7.11 Å². The zero-order valence-corrected chi connectivity index (χ0v) is 10.1. The van der Waals surface area contributed by atoms with Gasteiger partial charge in [0, 0.05) is 10.7 Å². The Morgan fingerprint density at radius 1 is 1.35 bits per heavy atom. The second kappa shape index (κ2) is 4.67. The Morgan fingerprint density at radius 3 is 2.59 bits per heavy atom. The highest BCUT2D eigenvalue weighted by molar-refractivity contribution is 6.30. The molecule has 0 fully saturated rings. The van der Waals surface area contributed by atoms with Gasteiger partial charge in [0.25, 0.3) is 0 Å². The fourth-order valence-corrected chi connectivity index (χ4v) is 1.88. The van der Waals surface area contributed by atoms with Crippen LogP contribution in [0.4, 0.5) is 5.69 Å². The Kier molecular flexibility index (Phi) is 3.24. The average molecular weight is 254 g/mol. The Hall–Kier alpha value is -1.68. The van der Waals surface area contributed by atoms with Crippen LogP contribution in [0.1, 0.15) is 0 Å². The molecular formula is C12H12ClNO3. The van der Waals surface area contributed by atoms with E-state index in [9.17, 15) is 9.90 Å². The lowest BCUT2D eigenvalue weighted by atomic mass is 10.2. The zero-order valence-electron chi connectivity index (χ0n) is 9.31. The predicted octanol–water partition coefficient (Wildman–Crippen LogP) is 2.15. The molecule has 90 valence electrons. The number of hydrogen-bond donors (Lipinski definition) is 1. The summed E-state index contributed by atoms with van der Waals surface area (Å²) in [5, 5.41) is 10.3. The number of carbonyl (C=O) groups excluding carboxylic acids is 1. The van der Waals surface area contributed by atoms with E-state index in [0.717, 1.165) is 5.69 Å². The summed E-state index contributed by atoms with van der Waals surface area (Å²) in [4.78, 5) is 13.2. The van der Waals surface area contributed by atoms with Gasteiger partial charge in [0.05, 0.1) is 25.8 Å². The summed E-state index contributed by atoms with van der Waals surface area (Å²) in [7, 11) is 1.30. The van der Waals surface area contributed by atoms with Gasteiger partial charge in [0.1, 0.15) is 5.76 Å². The summed E-state index contributed by atoms with van der Waals surface area (Å²) in [6.45, 7) is 0.659. The molecule has 17 heavy (non-hydrogen) atoms. The van der Waals surface area contributed by atoms with Gasteiger partial charge in [-0.25, -0.2) is 4.79 Å². The summed E-state index contributed by atoms with van der Waals surface area (Å²) in [6, 6.07) is 7.22. The summed E-state index contributed by atoms with van der Waals surface area (Å²) in [6.07, 6.45) is 0.